The quantitative estimate of drug-likeness (QED) is 0.803. The van der Waals surface area contributed by atoms with Crippen molar-refractivity contribution >= 4 is 0 Å². The van der Waals surface area contributed by atoms with Crippen LogP contribution in [0.3, 0.4) is 0 Å². The van der Waals surface area contributed by atoms with Crippen molar-refractivity contribution in [3.63, 3.8) is 0 Å². The van der Waals surface area contributed by atoms with E-state index < -0.39 is 0 Å². The Bertz CT molecular complexity index is 357. The second kappa shape index (κ2) is 6.10. The minimum atomic E-state index is -0.371. The van der Waals surface area contributed by atoms with Gasteiger partial charge in [-0.05, 0) is 49.1 Å². The van der Waals surface area contributed by atoms with Crippen LogP contribution in [0.4, 0.5) is 8.78 Å². The normalized spacial score (nSPS) is 14.6. The Labute approximate surface area is 102 Å². The molecule has 17 heavy (non-hydrogen) atoms. The second-order valence-corrected chi connectivity index (χ2v) is 5.00. The third kappa shape index (κ3) is 4.08. The van der Waals surface area contributed by atoms with E-state index in [0.717, 1.165) is 25.5 Å². The van der Waals surface area contributed by atoms with E-state index in [1.807, 2.05) is 7.05 Å². The molecule has 1 aromatic carbocycles. The Hall–Kier alpha value is -0.960. The molecule has 0 aromatic heterocycles. The lowest BCUT2D eigenvalue weighted by Crippen LogP contribution is -2.32. The standard InChI is InChI=1S/C14H21F2N/c1-4-7-14(2,10-17-3)9-11-8-12(15)5-6-13(11)16/h5-6,8,17H,4,7,9-10H2,1-3H3. The molecule has 96 valence electrons. The number of nitrogens with one attached hydrogen (secondary N) is 1. The second-order valence-electron chi connectivity index (χ2n) is 5.00. The van der Waals surface area contributed by atoms with Crippen LogP contribution in [0, 0.1) is 17.0 Å². The fourth-order valence-corrected chi connectivity index (χ4v) is 2.41. The molecule has 0 amide bonds. The zero-order valence-corrected chi connectivity index (χ0v) is 10.8. The monoisotopic (exact) mass is 241 g/mol. The van der Waals surface area contributed by atoms with Gasteiger partial charge >= 0.3 is 0 Å². The van der Waals surface area contributed by atoms with Crippen molar-refractivity contribution in [1.29, 1.82) is 0 Å². The molecular formula is C14H21F2N. The van der Waals surface area contributed by atoms with E-state index in [-0.39, 0.29) is 17.0 Å². The average Bonchev–Trinajstić information content (AvgIpc) is 2.24. The topological polar surface area (TPSA) is 12.0 Å². The fraction of sp³-hybridized carbons (Fsp3) is 0.571. The summed E-state index contributed by atoms with van der Waals surface area (Å²) in [4.78, 5) is 0. The molecule has 0 saturated heterocycles. The van der Waals surface area contributed by atoms with Crippen LogP contribution in [0.25, 0.3) is 0 Å². The van der Waals surface area contributed by atoms with Gasteiger partial charge in [-0.15, -0.1) is 0 Å². The lowest BCUT2D eigenvalue weighted by Gasteiger charge is -2.29. The summed E-state index contributed by atoms with van der Waals surface area (Å²) in [5, 5.41) is 3.13. The fourth-order valence-electron chi connectivity index (χ4n) is 2.41. The Morgan fingerprint density at radius 3 is 2.59 bits per heavy atom. The predicted molar refractivity (Wildman–Crippen MR) is 67.0 cm³/mol. The van der Waals surface area contributed by atoms with Gasteiger partial charge in [-0.1, -0.05) is 20.3 Å². The molecule has 3 heteroatoms. The summed E-state index contributed by atoms with van der Waals surface area (Å²) in [6.45, 7) is 5.02. The van der Waals surface area contributed by atoms with Crippen molar-refractivity contribution in [1.82, 2.24) is 5.32 Å². The molecule has 0 spiro atoms. The molecule has 1 aromatic rings. The van der Waals surface area contributed by atoms with Crippen molar-refractivity contribution in [3.8, 4) is 0 Å². The van der Waals surface area contributed by atoms with E-state index in [1.165, 1.54) is 12.1 Å². The number of hydrogen-bond donors (Lipinski definition) is 1. The van der Waals surface area contributed by atoms with Gasteiger partial charge in [0.25, 0.3) is 0 Å². The summed E-state index contributed by atoms with van der Waals surface area (Å²) < 4.78 is 26.7. The van der Waals surface area contributed by atoms with Crippen LogP contribution in [-0.4, -0.2) is 13.6 Å². The largest absolute Gasteiger partial charge is 0.319 e. The van der Waals surface area contributed by atoms with Crippen molar-refractivity contribution in [3.05, 3.63) is 35.4 Å². The number of halogens is 2. The summed E-state index contributed by atoms with van der Waals surface area (Å²) in [5.74, 6) is -0.686. The zero-order chi connectivity index (χ0) is 12.9. The van der Waals surface area contributed by atoms with Crippen LogP contribution in [0.2, 0.25) is 0 Å². The van der Waals surface area contributed by atoms with E-state index in [0.29, 0.717) is 12.0 Å². The van der Waals surface area contributed by atoms with Gasteiger partial charge in [-0.2, -0.15) is 0 Å². The maximum absolute atomic E-state index is 13.6. The average molecular weight is 241 g/mol. The minimum absolute atomic E-state index is 0.0296. The highest BCUT2D eigenvalue weighted by Gasteiger charge is 2.24. The summed E-state index contributed by atoms with van der Waals surface area (Å²) in [5.41, 5.74) is 0.439. The van der Waals surface area contributed by atoms with E-state index >= 15 is 0 Å². The Kier molecular flexibility index (Phi) is 5.06. The van der Waals surface area contributed by atoms with Gasteiger partial charge in [-0.25, -0.2) is 8.78 Å². The van der Waals surface area contributed by atoms with Crippen molar-refractivity contribution in [2.24, 2.45) is 5.41 Å². The highest BCUT2D eigenvalue weighted by molar-refractivity contribution is 5.20. The number of benzene rings is 1. The van der Waals surface area contributed by atoms with Gasteiger partial charge in [0, 0.05) is 6.54 Å². The van der Waals surface area contributed by atoms with Crippen LogP contribution in [-0.2, 0) is 6.42 Å². The lowest BCUT2D eigenvalue weighted by atomic mass is 9.79. The molecule has 0 saturated carbocycles. The maximum Gasteiger partial charge on any atom is 0.126 e. The van der Waals surface area contributed by atoms with Gasteiger partial charge in [-0.3, -0.25) is 0 Å². The molecule has 1 atom stereocenters. The maximum atomic E-state index is 13.6. The van der Waals surface area contributed by atoms with Crippen LogP contribution in [0.5, 0.6) is 0 Å². The molecule has 0 fully saturated rings. The van der Waals surface area contributed by atoms with E-state index in [9.17, 15) is 8.78 Å². The van der Waals surface area contributed by atoms with E-state index in [4.69, 9.17) is 0 Å². The third-order valence-electron chi connectivity index (χ3n) is 3.08. The SMILES string of the molecule is CCCC(C)(CNC)Cc1cc(F)ccc1F. The highest BCUT2D eigenvalue weighted by Crippen LogP contribution is 2.28. The Morgan fingerprint density at radius 2 is 2.00 bits per heavy atom. The van der Waals surface area contributed by atoms with Crippen molar-refractivity contribution in [2.75, 3.05) is 13.6 Å². The Balaban J connectivity index is 2.88. The summed E-state index contributed by atoms with van der Waals surface area (Å²) >= 11 is 0. The highest BCUT2D eigenvalue weighted by atomic mass is 19.1. The van der Waals surface area contributed by atoms with Gasteiger partial charge < -0.3 is 5.32 Å². The summed E-state index contributed by atoms with van der Waals surface area (Å²) in [7, 11) is 1.88. The molecule has 1 rings (SSSR count). The van der Waals surface area contributed by atoms with Crippen LogP contribution in [0.1, 0.15) is 32.3 Å². The molecule has 0 bridgehead atoms. The number of hydrogen-bond acceptors (Lipinski definition) is 1. The van der Waals surface area contributed by atoms with Gasteiger partial charge in [0.05, 0.1) is 0 Å². The van der Waals surface area contributed by atoms with E-state index in [1.54, 1.807) is 0 Å². The summed E-state index contributed by atoms with van der Waals surface area (Å²) in [6.07, 6.45) is 2.59. The third-order valence-corrected chi connectivity index (χ3v) is 3.08. The van der Waals surface area contributed by atoms with E-state index in [2.05, 4.69) is 19.2 Å². The first-order valence-corrected chi connectivity index (χ1v) is 6.09. The minimum Gasteiger partial charge on any atom is -0.319 e. The first-order valence-electron chi connectivity index (χ1n) is 6.09. The predicted octanol–water partition coefficient (Wildman–Crippen LogP) is 3.53. The van der Waals surface area contributed by atoms with Gasteiger partial charge in [0.2, 0.25) is 0 Å². The van der Waals surface area contributed by atoms with Gasteiger partial charge in [0.15, 0.2) is 0 Å². The smallest absolute Gasteiger partial charge is 0.126 e. The van der Waals surface area contributed by atoms with Crippen molar-refractivity contribution in [2.45, 2.75) is 33.1 Å². The molecular weight excluding hydrogens is 220 g/mol. The molecule has 0 aliphatic carbocycles. The molecule has 0 heterocycles. The molecule has 1 unspecified atom stereocenters. The molecule has 0 aliphatic rings. The molecule has 0 radical (unpaired) electrons. The first kappa shape index (κ1) is 14.1. The molecule has 1 N–H and O–H groups in total. The lowest BCUT2D eigenvalue weighted by molar-refractivity contribution is 0.279. The Morgan fingerprint density at radius 1 is 1.29 bits per heavy atom. The number of rotatable bonds is 6. The van der Waals surface area contributed by atoms with Crippen LogP contribution in [0.15, 0.2) is 18.2 Å². The first-order chi connectivity index (χ1) is 8.00. The summed E-state index contributed by atoms with van der Waals surface area (Å²) in [6, 6.07) is 3.67. The molecule has 1 nitrogen and oxygen atoms in total. The van der Waals surface area contributed by atoms with Crippen LogP contribution < -0.4 is 5.32 Å². The van der Waals surface area contributed by atoms with Gasteiger partial charge in [0.1, 0.15) is 11.6 Å². The van der Waals surface area contributed by atoms with Crippen LogP contribution >= 0.6 is 0 Å². The van der Waals surface area contributed by atoms with Crippen molar-refractivity contribution < 1.29 is 8.78 Å². The zero-order valence-electron chi connectivity index (χ0n) is 10.8. The molecule has 0 aliphatic heterocycles.